The third-order valence-electron chi connectivity index (χ3n) is 4.44. The molecule has 0 bridgehead atoms. The standard InChI is InChI=1S/C16H17N3O6S/c1-16-7-6-14(21)18(16)12(9-26-16)15(22)25-8-13(20)17-10-4-2-3-5-11(10)19(23)24/h2-5,12H,6-9H2,1H3,(H,17,20)/t12-,16+/m0/s1. The second-order valence-electron chi connectivity index (χ2n) is 6.20. The zero-order chi connectivity index (χ0) is 18.9. The SMILES string of the molecule is C[C@@]12CCC(=O)N1[C@H](C(=O)OCC(=O)Nc1ccccc1[N+](=O)[O-])CS2. The minimum absolute atomic E-state index is 0.0252. The molecule has 2 fully saturated rings. The van der Waals surface area contributed by atoms with E-state index in [9.17, 15) is 24.5 Å². The smallest absolute Gasteiger partial charge is 0.330 e. The van der Waals surface area contributed by atoms with Gasteiger partial charge in [-0.25, -0.2) is 4.79 Å². The van der Waals surface area contributed by atoms with Crippen LogP contribution in [0.4, 0.5) is 11.4 Å². The predicted octanol–water partition coefficient (Wildman–Crippen LogP) is 1.53. The molecule has 0 saturated carbocycles. The Kier molecular flexibility index (Phi) is 4.86. The second kappa shape index (κ2) is 6.94. The summed E-state index contributed by atoms with van der Waals surface area (Å²) >= 11 is 1.53. The highest BCUT2D eigenvalue weighted by Gasteiger charge is 2.53. The molecule has 10 heteroatoms. The second-order valence-corrected chi connectivity index (χ2v) is 7.70. The molecule has 138 valence electrons. The molecule has 1 aromatic rings. The average Bonchev–Trinajstić information content (AvgIpc) is 3.09. The van der Waals surface area contributed by atoms with E-state index in [2.05, 4.69) is 5.32 Å². The Morgan fingerprint density at radius 3 is 2.92 bits per heavy atom. The summed E-state index contributed by atoms with van der Waals surface area (Å²) in [4.78, 5) is 47.7. The third kappa shape index (κ3) is 3.36. The Hall–Kier alpha value is -2.62. The van der Waals surface area contributed by atoms with Crippen LogP contribution in [-0.2, 0) is 19.1 Å². The highest BCUT2D eigenvalue weighted by atomic mass is 32.2. The Balaban J connectivity index is 1.58. The van der Waals surface area contributed by atoms with Crippen LogP contribution in [0.25, 0.3) is 0 Å². The molecule has 0 unspecified atom stereocenters. The summed E-state index contributed by atoms with van der Waals surface area (Å²) in [5.41, 5.74) is -0.227. The zero-order valence-electron chi connectivity index (χ0n) is 14.0. The van der Waals surface area contributed by atoms with E-state index in [0.717, 1.165) is 0 Å². The van der Waals surface area contributed by atoms with Crippen LogP contribution in [0.15, 0.2) is 24.3 Å². The molecule has 2 aliphatic heterocycles. The maximum Gasteiger partial charge on any atom is 0.330 e. The number of hydrogen-bond acceptors (Lipinski definition) is 7. The van der Waals surface area contributed by atoms with Crippen molar-refractivity contribution in [3.63, 3.8) is 0 Å². The van der Waals surface area contributed by atoms with Crippen LogP contribution >= 0.6 is 11.8 Å². The van der Waals surface area contributed by atoms with Crippen molar-refractivity contribution in [3.05, 3.63) is 34.4 Å². The molecule has 2 atom stereocenters. The topological polar surface area (TPSA) is 119 Å². The van der Waals surface area contributed by atoms with Crippen LogP contribution in [0, 0.1) is 10.1 Å². The van der Waals surface area contributed by atoms with E-state index in [4.69, 9.17) is 4.74 Å². The van der Waals surface area contributed by atoms with E-state index in [-0.39, 0.29) is 17.3 Å². The molecule has 2 aliphatic rings. The number of para-hydroxylation sites is 2. The summed E-state index contributed by atoms with van der Waals surface area (Å²) in [5, 5.41) is 13.3. The Morgan fingerprint density at radius 2 is 2.19 bits per heavy atom. The molecule has 0 aromatic heterocycles. The number of carbonyl (C=O) groups excluding carboxylic acids is 3. The van der Waals surface area contributed by atoms with Gasteiger partial charge in [0.25, 0.3) is 11.6 Å². The van der Waals surface area contributed by atoms with Gasteiger partial charge in [0.1, 0.15) is 11.7 Å². The van der Waals surface area contributed by atoms with E-state index in [1.165, 1.54) is 30.0 Å². The zero-order valence-corrected chi connectivity index (χ0v) is 14.8. The fraction of sp³-hybridized carbons (Fsp3) is 0.438. The predicted molar refractivity (Wildman–Crippen MR) is 93.4 cm³/mol. The van der Waals surface area contributed by atoms with Crippen LogP contribution in [0.2, 0.25) is 0 Å². The van der Waals surface area contributed by atoms with E-state index in [0.29, 0.717) is 18.6 Å². The number of hydrogen-bond donors (Lipinski definition) is 1. The summed E-state index contributed by atoms with van der Waals surface area (Å²) in [6.07, 6.45) is 1.07. The minimum atomic E-state index is -0.709. The van der Waals surface area contributed by atoms with Crippen molar-refractivity contribution in [3.8, 4) is 0 Å². The van der Waals surface area contributed by atoms with E-state index in [1.54, 1.807) is 11.0 Å². The summed E-state index contributed by atoms with van der Waals surface area (Å²) in [6, 6.07) is 4.97. The molecular formula is C16H17N3O6S. The number of esters is 1. The summed E-state index contributed by atoms with van der Waals surface area (Å²) in [5.74, 6) is -1.00. The van der Waals surface area contributed by atoms with Gasteiger partial charge in [-0.3, -0.25) is 19.7 Å². The first-order valence-electron chi connectivity index (χ1n) is 7.98. The first kappa shape index (κ1) is 18.2. The van der Waals surface area contributed by atoms with Crippen molar-refractivity contribution in [2.75, 3.05) is 17.7 Å². The van der Waals surface area contributed by atoms with Crippen LogP contribution in [0.5, 0.6) is 0 Å². The molecule has 26 heavy (non-hydrogen) atoms. The van der Waals surface area contributed by atoms with Gasteiger partial charge in [0, 0.05) is 18.2 Å². The first-order valence-corrected chi connectivity index (χ1v) is 8.96. The number of nitrogens with one attached hydrogen (secondary N) is 1. The number of nitrogens with zero attached hydrogens (tertiary/aromatic N) is 2. The maximum atomic E-state index is 12.3. The first-order chi connectivity index (χ1) is 12.3. The van der Waals surface area contributed by atoms with Gasteiger partial charge in [0.05, 0.1) is 9.79 Å². The Bertz CT molecular complexity index is 785. The van der Waals surface area contributed by atoms with Crippen molar-refractivity contribution in [1.29, 1.82) is 0 Å². The van der Waals surface area contributed by atoms with Crippen LogP contribution in [0.1, 0.15) is 19.8 Å². The van der Waals surface area contributed by atoms with Crippen molar-refractivity contribution < 1.29 is 24.0 Å². The van der Waals surface area contributed by atoms with Gasteiger partial charge in [0.15, 0.2) is 6.61 Å². The maximum absolute atomic E-state index is 12.3. The van der Waals surface area contributed by atoms with Crippen molar-refractivity contribution in [2.24, 2.45) is 0 Å². The third-order valence-corrected chi connectivity index (χ3v) is 5.94. The van der Waals surface area contributed by atoms with Gasteiger partial charge in [-0.2, -0.15) is 0 Å². The average molecular weight is 379 g/mol. The van der Waals surface area contributed by atoms with Crippen molar-refractivity contribution in [2.45, 2.75) is 30.7 Å². The number of nitro groups is 1. The molecule has 0 aliphatic carbocycles. The molecule has 3 rings (SSSR count). The molecule has 1 N–H and O–H groups in total. The normalized spacial score (nSPS) is 24.3. The quantitative estimate of drug-likeness (QED) is 0.468. The number of anilines is 1. The van der Waals surface area contributed by atoms with Gasteiger partial charge in [-0.05, 0) is 19.4 Å². The molecule has 1 aromatic carbocycles. The fourth-order valence-electron chi connectivity index (χ4n) is 3.15. The highest BCUT2D eigenvalue weighted by Crippen LogP contribution is 2.47. The van der Waals surface area contributed by atoms with E-state index >= 15 is 0 Å². The Morgan fingerprint density at radius 1 is 1.46 bits per heavy atom. The lowest BCUT2D eigenvalue weighted by atomic mass is 10.2. The lowest BCUT2D eigenvalue weighted by Gasteiger charge is -2.29. The molecule has 0 radical (unpaired) electrons. The molecule has 2 heterocycles. The number of thioether (sulfide) groups is 1. The van der Waals surface area contributed by atoms with Gasteiger partial charge < -0.3 is 15.0 Å². The van der Waals surface area contributed by atoms with Crippen molar-refractivity contribution in [1.82, 2.24) is 4.90 Å². The monoisotopic (exact) mass is 379 g/mol. The van der Waals surface area contributed by atoms with Gasteiger partial charge in [-0.15, -0.1) is 11.8 Å². The molecule has 9 nitrogen and oxygen atoms in total. The number of rotatable bonds is 5. The molecular weight excluding hydrogens is 362 g/mol. The number of amides is 2. The number of benzene rings is 1. The number of carbonyl (C=O) groups is 3. The summed E-state index contributed by atoms with van der Waals surface area (Å²) in [6.45, 7) is 1.34. The largest absolute Gasteiger partial charge is 0.454 e. The minimum Gasteiger partial charge on any atom is -0.454 e. The summed E-state index contributed by atoms with van der Waals surface area (Å²) < 4.78 is 5.03. The van der Waals surface area contributed by atoms with Gasteiger partial charge >= 0.3 is 5.97 Å². The summed E-state index contributed by atoms with van der Waals surface area (Å²) in [7, 11) is 0. The Labute approximate surface area is 153 Å². The number of nitro benzene ring substituents is 1. The van der Waals surface area contributed by atoms with Gasteiger partial charge in [-0.1, -0.05) is 12.1 Å². The van der Waals surface area contributed by atoms with Crippen molar-refractivity contribution >= 4 is 40.9 Å². The molecule has 2 amide bonds. The molecule has 2 saturated heterocycles. The van der Waals surface area contributed by atoms with E-state index in [1.807, 2.05) is 6.92 Å². The fourth-order valence-corrected chi connectivity index (χ4v) is 4.57. The molecule has 0 spiro atoms. The van der Waals surface area contributed by atoms with Gasteiger partial charge in [0.2, 0.25) is 5.91 Å². The van der Waals surface area contributed by atoms with Crippen LogP contribution in [-0.4, -0.2) is 50.9 Å². The number of fused-ring (bicyclic) bond motifs is 1. The van der Waals surface area contributed by atoms with E-state index < -0.39 is 34.3 Å². The van der Waals surface area contributed by atoms with Crippen LogP contribution < -0.4 is 5.32 Å². The lowest BCUT2D eigenvalue weighted by Crippen LogP contribution is -2.47. The van der Waals surface area contributed by atoms with Crippen LogP contribution in [0.3, 0.4) is 0 Å². The number of ether oxygens (including phenoxy) is 1. The lowest BCUT2D eigenvalue weighted by molar-refractivity contribution is -0.383. The highest BCUT2D eigenvalue weighted by molar-refractivity contribution is 8.01.